The normalized spacial score (nSPS) is 10.2. The lowest BCUT2D eigenvalue weighted by Crippen LogP contribution is -2.14. The third-order valence-corrected chi connectivity index (χ3v) is 3.38. The first-order valence-electron chi connectivity index (χ1n) is 5.93. The molecule has 5 heteroatoms. The molecule has 0 fully saturated rings. The summed E-state index contributed by atoms with van der Waals surface area (Å²) in [6.07, 6.45) is 0. The predicted molar refractivity (Wildman–Crippen MR) is 82.1 cm³/mol. The van der Waals surface area contributed by atoms with Crippen molar-refractivity contribution in [2.24, 2.45) is 0 Å². The van der Waals surface area contributed by atoms with Gasteiger partial charge in [0, 0.05) is 5.69 Å². The van der Waals surface area contributed by atoms with Crippen LogP contribution in [0.25, 0.3) is 0 Å². The quantitative estimate of drug-likeness (QED) is 0.902. The molecule has 0 aliphatic heterocycles. The van der Waals surface area contributed by atoms with E-state index in [1.165, 1.54) is 7.11 Å². The van der Waals surface area contributed by atoms with Crippen molar-refractivity contribution in [2.45, 2.75) is 6.92 Å². The van der Waals surface area contributed by atoms with Crippen LogP contribution in [0.1, 0.15) is 15.9 Å². The predicted octanol–water partition coefficient (Wildman–Crippen LogP) is 4.56. The second-order valence-electron chi connectivity index (χ2n) is 4.26. The summed E-state index contributed by atoms with van der Waals surface area (Å²) in [5.41, 5.74) is 1.96. The molecule has 0 unspecified atom stereocenters. The first kappa shape index (κ1) is 14.7. The van der Waals surface area contributed by atoms with E-state index in [4.69, 9.17) is 27.9 Å². The number of anilines is 1. The van der Waals surface area contributed by atoms with Crippen LogP contribution in [0.4, 0.5) is 5.69 Å². The number of hydrogen-bond donors (Lipinski definition) is 1. The number of benzene rings is 2. The van der Waals surface area contributed by atoms with Crippen LogP contribution in [0.5, 0.6) is 5.75 Å². The van der Waals surface area contributed by atoms with Crippen LogP contribution in [0.15, 0.2) is 36.4 Å². The zero-order chi connectivity index (χ0) is 14.7. The second-order valence-corrected chi connectivity index (χ2v) is 5.08. The molecule has 1 amide bonds. The molecule has 0 atom stereocenters. The highest BCUT2D eigenvalue weighted by molar-refractivity contribution is 6.37. The molecule has 104 valence electrons. The summed E-state index contributed by atoms with van der Waals surface area (Å²) < 4.78 is 5.16. The average Bonchev–Trinajstić information content (AvgIpc) is 2.40. The zero-order valence-electron chi connectivity index (χ0n) is 11.0. The Labute approximate surface area is 127 Å². The molecule has 0 aromatic heterocycles. The standard InChI is InChI=1S/C15H13Cl2NO2/c1-9-4-3-5-10(8-9)18-15(19)13-11(16)6-7-12(17)14(13)20-2/h3-8H,1-2H3,(H,18,19). The van der Waals surface area contributed by atoms with E-state index >= 15 is 0 Å². The van der Waals surface area contributed by atoms with E-state index in [-0.39, 0.29) is 22.2 Å². The smallest absolute Gasteiger partial charge is 0.261 e. The zero-order valence-corrected chi connectivity index (χ0v) is 12.5. The lowest BCUT2D eigenvalue weighted by Gasteiger charge is -2.12. The van der Waals surface area contributed by atoms with Crippen LogP contribution in [-0.2, 0) is 0 Å². The maximum Gasteiger partial charge on any atom is 0.261 e. The van der Waals surface area contributed by atoms with Gasteiger partial charge in [0.1, 0.15) is 5.56 Å². The summed E-state index contributed by atoms with van der Waals surface area (Å²) in [6, 6.07) is 10.6. The van der Waals surface area contributed by atoms with Gasteiger partial charge in [0.05, 0.1) is 17.2 Å². The summed E-state index contributed by atoms with van der Waals surface area (Å²) in [7, 11) is 1.45. The first-order valence-corrected chi connectivity index (χ1v) is 6.68. The highest BCUT2D eigenvalue weighted by Crippen LogP contribution is 2.34. The van der Waals surface area contributed by atoms with E-state index in [0.717, 1.165) is 5.56 Å². The number of nitrogens with one attached hydrogen (secondary N) is 1. The minimum absolute atomic E-state index is 0.225. The lowest BCUT2D eigenvalue weighted by molar-refractivity contribution is 0.102. The fourth-order valence-corrected chi connectivity index (χ4v) is 2.33. The Morgan fingerprint density at radius 1 is 1.15 bits per heavy atom. The molecule has 0 bridgehead atoms. The SMILES string of the molecule is COc1c(Cl)ccc(Cl)c1C(=O)Nc1cccc(C)c1. The van der Waals surface area contributed by atoms with Crippen molar-refractivity contribution in [3.8, 4) is 5.75 Å². The minimum atomic E-state index is -0.361. The fraction of sp³-hybridized carbons (Fsp3) is 0.133. The number of ether oxygens (including phenoxy) is 1. The van der Waals surface area contributed by atoms with Crippen LogP contribution in [0.3, 0.4) is 0 Å². The van der Waals surface area contributed by atoms with Gasteiger partial charge in [-0.15, -0.1) is 0 Å². The van der Waals surface area contributed by atoms with Crippen molar-refractivity contribution in [1.82, 2.24) is 0 Å². The maximum absolute atomic E-state index is 12.3. The Hall–Kier alpha value is -1.71. The summed E-state index contributed by atoms with van der Waals surface area (Å²) >= 11 is 12.1. The molecule has 0 heterocycles. The number of halogens is 2. The highest BCUT2D eigenvalue weighted by atomic mass is 35.5. The van der Waals surface area contributed by atoms with E-state index in [9.17, 15) is 4.79 Å². The van der Waals surface area contributed by atoms with Gasteiger partial charge in [-0.25, -0.2) is 0 Å². The molecule has 0 spiro atoms. The van der Waals surface area contributed by atoms with Gasteiger partial charge >= 0.3 is 0 Å². The topological polar surface area (TPSA) is 38.3 Å². The molecule has 0 saturated carbocycles. The first-order chi connectivity index (χ1) is 9.52. The van der Waals surface area contributed by atoms with Crippen molar-refractivity contribution in [3.05, 3.63) is 57.6 Å². The van der Waals surface area contributed by atoms with E-state index in [0.29, 0.717) is 10.7 Å². The van der Waals surface area contributed by atoms with Gasteiger partial charge in [0.15, 0.2) is 5.75 Å². The summed E-state index contributed by atoms with van der Waals surface area (Å²) in [5, 5.41) is 3.41. The molecule has 3 nitrogen and oxygen atoms in total. The van der Waals surface area contributed by atoms with Crippen LogP contribution in [0, 0.1) is 6.92 Å². The van der Waals surface area contributed by atoms with E-state index in [1.54, 1.807) is 18.2 Å². The Morgan fingerprint density at radius 3 is 2.50 bits per heavy atom. The molecule has 0 aliphatic rings. The fourth-order valence-electron chi connectivity index (χ4n) is 1.86. The van der Waals surface area contributed by atoms with E-state index in [2.05, 4.69) is 5.32 Å². The largest absolute Gasteiger partial charge is 0.494 e. The number of hydrogen-bond acceptors (Lipinski definition) is 2. The molecular weight excluding hydrogens is 297 g/mol. The van der Waals surface area contributed by atoms with Crippen LogP contribution >= 0.6 is 23.2 Å². The van der Waals surface area contributed by atoms with Crippen LogP contribution in [0.2, 0.25) is 10.0 Å². The second kappa shape index (κ2) is 6.16. The molecule has 2 rings (SSSR count). The monoisotopic (exact) mass is 309 g/mol. The van der Waals surface area contributed by atoms with Crippen molar-refractivity contribution in [2.75, 3.05) is 12.4 Å². The average molecular weight is 310 g/mol. The Kier molecular flexibility index (Phi) is 4.53. The number of methoxy groups -OCH3 is 1. The lowest BCUT2D eigenvalue weighted by atomic mass is 10.1. The third kappa shape index (κ3) is 3.06. The third-order valence-electron chi connectivity index (χ3n) is 2.77. The van der Waals surface area contributed by atoms with Crippen LogP contribution < -0.4 is 10.1 Å². The number of carbonyl (C=O) groups is 1. The van der Waals surface area contributed by atoms with Gasteiger partial charge in [-0.05, 0) is 36.8 Å². The molecule has 1 N–H and O–H groups in total. The number of amides is 1. The van der Waals surface area contributed by atoms with Crippen LogP contribution in [-0.4, -0.2) is 13.0 Å². The summed E-state index contributed by atoms with van der Waals surface area (Å²) in [6.45, 7) is 1.95. The van der Waals surface area contributed by atoms with Gasteiger partial charge in [-0.3, -0.25) is 4.79 Å². The van der Waals surface area contributed by atoms with Crippen molar-refractivity contribution >= 4 is 34.8 Å². The molecule has 0 aliphatic carbocycles. The molecule has 0 saturated heterocycles. The van der Waals surface area contributed by atoms with Gasteiger partial charge in [-0.1, -0.05) is 35.3 Å². The number of aryl methyl sites for hydroxylation is 1. The van der Waals surface area contributed by atoms with Crippen molar-refractivity contribution in [1.29, 1.82) is 0 Å². The maximum atomic E-state index is 12.3. The summed E-state index contributed by atoms with van der Waals surface area (Å²) in [5.74, 6) is -0.0933. The van der Waals surface area contributed by atoms with Gasteiger partial charge < -0.3 is 10.1 Å². The van der Waals surface area contributed by atoms with E-state index < -0.39 is 0 Å². The molecule has 2 aromatic rings. The number of carbonyl (C=O) groups excluding carboxylic acids is 1. The minimum Gasteiger partial charge on any atom is -0.494 e. The molecule has 2 aromatic carbocycles. The Balaban J connectivity index is 2.37. The van der Waals surface area contributed by atoms with Crippen molar-refractivity contribution < 1.29 is 9.53 Å². The molecule has 0 radical (unpaired) electrons. The summed E-state index contributed by atoms with van der Waals surface area (Å²) in [4.78, 5) is 12.3. The van der Waals surface area contributed by atoms with Gasteiger partial charge in [0.25, 0.3) is 5.91 Å². The molecular formula is C15H13Cl2NO2. The highest BCUT2D eigenvalue weighted by Gasteiger charge is 2.19. The molecule has 20 heavy (non-hydrogen) atoms. The Bertz CT molecular complexity index is 656. The van der Waals surface area contributed by atoms with Crippen molar-refractivity contribution in [3.63, 3.8) is 0 Å². The number of rotatable bonds is 3. The van der Waals surface area contributed by atoms with E-state index in [1.807, 2.05) is 25.1 Å². The Morgan fingerprint density at radius 2 is 1.85 bits per heavy atom. The van der Waals surface area contributed by atoms with Gasteiger partial charge in [0.2, 0.25) is 0 Å². The van der Waals surface area contributed by atoms with Gasteiger partial charge in [-0.2, -0.15) is 0 Å².